The molecule has 1 fully saturated rings. The molecule has 2 N–H and O–H groups in total. The van der Waals surface area contributed by atoms with Crippen molar-refractivity contribution in [2.24, 2.45) is 0 Å². The van der Waals surface area contributed by atoms with Crippen molar-refractivity contribution in [3.63, 3.8) is 0 Å². The average Bonchev–Trinajstić information content (AvgIpc) is 2.99. The lowest BCUT2D eigenvalue weighted by Gasteiger charge is -2.34. The molecule has 1 aromatic heterocycles. The van der Waals surface area contributed by atoms with E-state index >= 15 is 0 Å². The summed E-state index contributed by atoms with van der Waals surface area (Å²) in [5, 5.41) is 2.88. The molecule has 0 bridgehead atoms. The van der Waals surface area contributed by atoms with Crippen molar-refractivity contribution < 1.29 is 23.9 Å². The third kappa shape index (κ3) is 6.30. The zero-order valence-electron chi connectivity index (χ0n) is 18.7. The number of hydrogen-bond donors (Lipinski definition) is 2. The summed E-state index contributed by atoms with van der Waals surface area (Å²) in [6, 6.07) is 0. The Morgan fingerprint density at radius 2 is 1.80 bits per heavy atom. The molecule has 9 nitrogen and oxygen atoms in total. The molecule has 0 spiro atoms. The Bertz CT molecular complexity index is 751. The van der Waals surface area contributed by atoms with Crippen LogP contribution in [0.2, 0.25) is 0 Å². The topological polar surface area (TPSA) is 104 Å². The van der Waals surface area contributed by atoms with Gasteiger partial charge in [0.2, 0.25) is 5.91 Å². The van der Waals surface area contributed by atoms with Gasteiger partial charge in [-0.05, 0) is 39.7 Å². The SMILES string of the molecule is COCCCNC(=O)CN1CCN(C(=O)c2[nH]c(C)c(C(=O)OC(C)C)c2C)CC1. The number of aromatic nitrogens is 1. The van der Waals surface area contributed by atoms with Crippen molar-refractivity contribution in [3.8, 4) is 0 Å². The highest BCUT2D eigenvalue weighted by molar-refractivity contribution is 6.00. The fourth-order valence-corrected chi connectivity index (χ4v) is 3.51. The van der Waals surface area contributed by atoms with Crippen LogP contribution in [0.5, 0.6) is 0 Å². The van der Waals surface area contributed by atoms with Crippen LogP contribution in [0.1, 0.15) is 52.4 Å². The van der Waals surface area contributed by atoms with Crippen LogP contribution in [0.15, 0.2) is 0 Å². The highest BCUT2D eigenvalue weighted by Gasteiger charge is 2.28. The van der Waals surface area contributed by atoms with E-state index in [1.807, 2.05) is 4.90 Å². The first-order valence-corrected chi connectivity index (χ1v) is 10.4. The Morgan fingerprint density at radius 1 is 1.13 bits per heavy atom. The number of carbonyl (C=O) groups excluding carboxylic acids is 3. The third-order valence-electron chi connectivity index (χ3n) is 5.07. The number of hydrogen-bond acceptors (Lipinski definition) is 6. The molecule has 1 saturated heterocycles. The van der Waals surface area contributed by atoms with Gasteiger partial charge in [-0.1, -0.05) is 0 Å². The number of amides is 2. The largest absolute Gasteiger partial charge is 0.459 e. The molecule has 0 saturated carbocycles. The van der Waals surface area contributed by atoms with Crippen molar-refractivity contribution in [1.29, 1.82) is 0 Å². The summed E-state index contributed by atoms with van der Waals surface area (Å²) in [7, 11) is 1.64. The van der Waals surface area contributed by atoms with Gasteiger partial charge in [-0.15, -0.1) is 0 Å². The third-order valence-corrected chi connectivity index (χ3v) is 5.07. The predicted octanol–water partition coefficient (Wildman–Crippen LogP) is 1.11. The van der Waals surface area contributed by atoms with Crippen LogP contribution in [0.3, 0.4) is 0 Å². The fraction of sp³-hybridized carbons (Fsp3) is 0.667. The Balaban J connectivity index is 1.90. The highest BCUT2D eigenvalue weighted by atomic mass is 16.5. The lowest BCUT2D eigenvalue weighted by atomic mass is 10.1. The van der Waals surface area contributed by atoms with Gasteiger partial charge in [0.25, 0.3) is 5.91 Å². The van der Waals surface area contributed by atoms with Crippen LogP contribution in [-0.2, 0) is 14.3 Å². The minimum atomic E-state index is -0.420. The second-order valence-electron chi connectivity index (χ2n) is 7.84. The summed E-state index contributed by atoms with van der Waals surface area (Å²) in [4.78, 5) is 44.2. The van der Waals surface area contributed by atoms with Gasteiger partial charge in [-0.25, -0.2) is 4.79 Å². The number of rotatable bonds is 9. The van der Waals surface area contributed by atoms with Gasteiger partial charge in [-0.2, -0.15) is 0 Å². The van der Waals surface area contributed by atoms with Crippen LogP contribution in [-0.4, -0.2) is 91.7 Å². The minimum Gasteiger partial charge on any atom is -0.459 e. The normalized spacial score (nSPS) is 14.8. The highest BCUT2D eigenvalue weighted by Crippen LogP contribution is 2.21. The molecular weight excluding hydrogens is 388 g/mol. The first-order valence-electron chi connectivity index (χ1n) is 10.4. The van der Waals surface area contributed by atoms with E-state index in [2.05, 4.69) is 10.3 Å². The Morgan fingerprint density at radius 3 is 2.40 bits per heavy atom. The van der Waals surface area contributed by atoms with Crippen molar-refractivity contribution in [3.05, 3.63) is 22.5 Å². The number of H-pyrrole nitrogens is 1. The van der Waals surface area contributed by atoms with Crippen molar-refractivity contribution in [2.45, 2.75) is 40.2 Å². The summed E-state index contributed by atoms with van der Waals surface area (Å²) in [5.41, 5.74) is 2.09. The molecule has 1 aliphatic heterocycles. The molecule has 0 radical (unpaired) electrons. The molecule has 1 aromatic rings. The molecule has 168 valence electrons. The maximum Gasteiger partial charge on any atom is 0.340 e. The maximum atomic E-state index is 13.0. The molecule has 0 atom stereocenters. The lowest BCUT2D eigenvalue weighted by molar-refractivity contribution is -0.122. The van der Waals surface area contributed by atoms with Crippen molar-refractivity contribution >= 4 is 17.8 Å². The molecule has 0 aliphatic carbocycles. The Labute approximate surface area is 178 Å². The molecule has 9 heteroatoms. The molecule has 2 amide bonds. The summed E-state index contributed by atoms with van der Waals surface area (Å²) >= 11 is 0. The van der Waals surface area contributed by atoms with Crippen LogP contribution >= 0.6 is 0 Å². The van der Waals surface area contributed by atoms with Gasteiger partial charge in [0, 0.05) is 52.1 Å². The quantitative estimate of drug-likeness (QED) is 0.456. The van der Waals surface area contributed by atoms with E-state index in [4.69, 9.17) is 9.47 Å². The standard InChI is InChI=1S/C21H34N4O5/c1-14(2)30-21(28)18-15(3)19(23-16(18)4)20(27)25-10-8-24(9-11-25)13-17(26)22-7-6-12-29-5/h14,23H,6-13H2,1-5H3,(H,22,26). The van der Waals surface area contributed by atoms with Gasteiger partial charge in [-0.3, -0.25) is 14.5 Å². The zero-order valence-corrected chi connectivity index (χ0v) is 18.7. The predicted molar refractivity (Wildman–Crippen MR) is 113 cm³/mol. The molecule has 1 aliphatic rings. The summed E-state index contributed by atoms with van der Waals surface area (Å²) < 4.78 is 10.3. The number of aromatic amines is 1. The van der Waals surface area contributed by atoms with Crippen LogP contribution < -0.4 is 5.32 Å². The van der Waals surface area contributed by atoms with E-state index in [1.54, 1.807) is 39.7 Å². The summed E-state index contributed by atoms with van der Waals surface area (Å²) in [5.74, 6) is -0.575. The lowest BCUT2D eigenvalue weighted by Crippen LogP contribution is -2.51. The van der Waals surface area contributed by atoms with E-state index in [1.165, 1.54) is 0 Å². The number of carbonyl (C=O) groups is 3. The van der Waals surface area contributed by atoms with Crippen molar-refractivity contribution in [1.82, 2.24) is 20.1 Å². The molecule has 0 unspecified atom stereocenters. The Kier molecular flexibility index (Phi) is 8.86. The van der Waals surface area contributed by atoms with Gasteiger partial charge in [0.05, 0.1) is 18.2 Å². The van der Waals surface area contributed by atoms with E-state index in [9.17, 15) is 14.4 Å². The second kappa shape index (κ2) is 11.1. The number of methoxy groups -OCH3 is 1. The summed E-state index contributed by atoms with van der Waals surface area (Å²) in [6.07, 6.45) is 0.558. The maximum absolute atomic E-state index is 13.0. The zero-order chi connectivity index (χ0) is 22.3. The van der Waals surface area contributed by atoms with Gasteiger partial charge in [0.15, 0.2) is 0 Å². The number of nitrogens with one attached hydrogen (secondary N) is 2. The number of aryl methyl sites for hydroxylation is 1. The van der Waals surface area contributed by atoms with Gasteiger partial charge >= 0.3 is 5.97 Å². The van der Waals surface area contributed by atoms with Crippen LogP contribution in [0.25, 0.3) is 0 Å². The molecule has 2 rings (SSSR count). The van der Waals surface area contributed by atoms with Gasteiger partial charge < -0.3 is 24.7 Å². The molecular formula is C21H34N4O5. The smallest absolute Gasteiger partial charge is 0.340 e. The molecule has 30 heavy (non-hydrogen) atoms. The number of esters is 1. The first kappa shape index (κ1) is 23.9. The molecule has 0 aromatic carbocycles. The minimum absolute atomic E-state index is 0.0185. The van der Waals surface area contributed by atoms with Crippen LogP contribution in [0.4, 0.5) is 0 Å². The van der Waals surface area contributed by atoms with E-state index in [0.29, 0.717) is 68.4 Å². The first-order chi connectivity index (χ1) is 14.2. The van der Waals surface area contributed by atoms with E-state index in [0.717, 1.165) is 6.42 Å². The average molecular weight is 423 g/mol. The van der Waals surface area contributed by atoms with E-state index in [-0.39, 0.29) is 17.9 Å². The number of piperazine rings is 1. The number of ether oxygens (including phenoxy) is 2. The fourth-order valence-electron chi connectivity index (χ4n) is 3.51. The second-order valence-corrected chi connectivity index (χ2v) is 7.84. The Hall–Kier alpha value is -2.39. The number of nitrogens with zero attached hydrogens (tertiary/aromatic N) is 2. The van der Waals surface area contributed by atoms with Crippen molar-refractivity contribution in [2.75, 3.05) is 53.0 Å². The molecule has 2 heterocycles. The van der Waals surface area contributed by atoms with Crippen LogP contribution in [0, 0.1) is 13.8 Å². The van der Waals surface area contributed by atoms with E-state index < -0.39 is 5.97 Å². The van der Waals surface area contributed by atoms with Gasteiger partial charge in [0.1, 0.15) is 5.69 Å². The summed E-state index contributed by atoms with van der Waals surface area (Å²) in [6.45, 7) is 11.0. The monoisotopic (exact) mass is 422 g/mol.